The Balaban J connectivity index is 0.00000208. The molecule has 0 bridgehead atoms. The maximum Gasteiger partial charge on any atom is 0.223 e. The minimum atomic E-state index is -0.225. The summed E-state index contributed by atoms with van der Waals surface area (Å²) in [5, 5.41) is 5.16. The molecule has 0 aromatic carbocycles. The van der Waals surface area contributed by atoms with Crippen LogP contribution in [0, 0.1) is 0 Å². The van der Waals surface area contributed by atoms with Crippen molar-refractivity contribution in [3.8, 4) is 0 Å². The van der Waals surface area contributed by atoms with Crippen LogP contribution < -0.4 is 11.1 Å². The summed E-state index contributed by atoms with van der Waals surface area (Å²) < 4.78 is 0. The van der Waals surface area contributed by atoms with Gasteiger partial charge in [-0.15, -0.1) is 23.7 Å². The third kappa shape index (κ3) is 4.29. The second-order valence-corrected chi connectivity index (χ2v) is 7.67. The molecule has 3 rings (SSSR count). The molecule has 2 heterocycles. The van der Waals surface area contributed by atoms with Gasteiger partial charge in [-0.2, -0.15) is 0 Å². The van der Waals surface area contributed by atoms with Gasteiger partial charge in [0.2, 0.25) is 11.8 Å². The highest BCUT2D eigenvalue weighted by atomic mass is 35.5. The number of hydrogen-bond donors (Lipinski definition) is 2. The van der Waals surface area contributed by atoms with Crippen LogP contribution in [0.2, 0.25) is 0 Å². The molecule has 0 unspecified atom stereocenters. The molecule has 3 N–H and O–H groups in total. The van der Waals surface area contributed by atoms with Crippen molar-refractivity contribution < 1.29 is 9.59 Å². The first-order valence-corrected chi connectivity index (χ1v) is 9.34. The minimum Gasteiger partial charge on any atom is -0.349 e. The van der Waals surface area contributed by atoms with Gasteiger partial charge in [0.25, 0.3) is 0 Å². The van der Waals surface area contributed by atoms with Crippen LogP contribution in [0.1, 0.15) is 49.0 Å². The average Bonchev–Trinajstić information content (AvgIpc) is 3.21. The minimum absolute atomic E-state index is 0. The predicted molar refractivity (Wildman–Crippen MR) is 98.3 cm³/mol. The molecule has 1 aromatic heterocycles. The summed E-state index contributed by atoms with van der Waals surface area (Å²) >= 11 is 1.76. The number of nitrogens with two attached hydrogens (primary N) is 1. The molecule has 0 spiro atoms. The smallest absolute Gasteiger partial charge is 0.223 e. The summed E-state index contributed by atoms with van der Waals surface area (Å²) in [5.41, 5.74) is 6.87. The third-order valence-electron chi connectivity index (χ3n) is 5.08. The molecule has 1 fully saturated rings. The summed E-state index contributed by atoms with van der Waals surface area (Å²) in [4.78, 5) is 27.8. The lowest BCUT2D eigenvalue weighted by atomic mass is 9.97. The quantitative estimate of drug-likeness (QED) is 0.833. The van der Waals surface area contributed by atoms with Crippen LogP contribution in [0.3, 0.4) is 0 Å². The van der Waals surface area contributed by atoms with Gasteiger partial charge in [-0.3, -0.25) is 9.59 Å². The topological polar surface area (TPSA) is 75.4 Å². The molecule has 1 aromatic rings. The van der Waals surface area contributed by atoms with Crippen molar-refractivity contribution >= 4 is 35.6 Å². The van der Waals surface area contributed by atoms with E-state index in [0.717, 1.165) is 38.6 Å². The lowest BCUT2D eigenvalue weighted by Crippen LogP contribution is -2.51. The molecule has 2 aliphatic rings. The van der Waals surface area contributed by atoms with Crippen LogP contribution in [-0.2, 0) is 22.6 Å². The molecular formula is C17H26ClN3O2S. The summed E-state index contributed by atoms with van der Waals surface area (Å²) in [6, 6.07) is 2.09. The van der Waals surface area contributed by atoms with Gasteiger partial charge < -0.3 is 16.0 Å². The number of rotatable bonds is 5. The summed E-state index contributed by atoms with van der Waals surface area (Å²) in [7, 11) is 0. The molecule has 1 aliphatic heterocycles. The first kappa shape index (κ1) is 19.2. The van der Waals surface area contributed by atoms with Gasteiger partial charge in [0, 0.05) is 37.4 Å². The molecule has 0 atom stereocenters. The maximum atomic E-state index is 12.3. The number of carbonyl (C=O) groups excluding carboxylic acids is 2. The Labute approximate surface area is 153 Å². The van der Waals surface area contributed by atoms with Gasteiger partial charge in [-0.1, -0.05) is 12.8 Å². The fraction of sp³-hybridized carbons (Fsp3) is 0.647. The maximum absolute atomic E-state index is 12.3. The number of fused-ring (bicyclic) bond motifs is 1. The van der Waals surface area contributed by atoms with Gasteiger partial charge in [-0.25, -0.2) is 0 Å². The van der Waals surface area contributed by atoms with Gasteiger partial charge in [-0.05, 0) is 36.3 Å². The van der Waals surface area contributed by atoms with Crippen molar-refractivity contribution in [3.05, 3.63) is 21.9 Å². The molecule has 1 aliphatic carbocycles. The monoisotopic (exact) mass is 371 g/mol. The Morgan fingerprint density at radius 3 is 2.75 bits per heavy atom. The highest BCUT2D eigenvalue weighted by Gasteiger charge is 2.33. The fourth-order valence-corrected chi connectivity index (χ4v) is 4.52. The number of nitrogens with zero attached hydrogens (tertiary/aromatic N) is 1. The van der Waals surface area contributed by atoms with E-state index in [0.29, 0.717) is 13.1 Å². The van der Waals surface area contributed by atoms with E-state index >= 15 is 0 Å². The molecule has 1 saturated carbocycles. The predicted octanol–water partition coefficient (Wildman–Crippen LogP) is 2.22. The Bertz CT molecular complexity index is 584. The molecule has 24 heavy (non-hydrogen) atoms. The van der Waals surface area contributed by atoms with E-state index in [1.165, 1.54) is 10.4 Å². The summed E-state index contributed by atoms with van der Waals surface area (Å²) in [6.07, 6.45) is 5.62. The normalized spacial score (nSPS) is 18.6. The van der Waals surface area contributed by atoms with E-state index in [-0.39, 0.29) is 42.6 Å². The van der Waals surface area contributed by atoms with Crippen LogP contribution in [0.15, 0.2) is 11.4 Å². The second kappa shape index (κ2) is 8.32. The molecule has 0 saturated heterocycles. The van der Waals surface area contributed by atoms with E-state index in [9.17, 15) is 9.59 Å². The van der Waals surface area contributed by atoms with Crippen molar-refractivity contribution in [1.82, 2.24) is 10.2 Å². The van der Waals surface area contributed by atoms with Crippen molar-refractivity contribution in [2.75, 3.05) is 13.1 Å². The highest BCUT2D eigenvalue weighted by molar-refractivity contribution is 7.10. The zero-order valence-corrected chi connectivity index (χ0v) is 15.5. The zero-order chi connectivity index (χ0) is 16.3. The molecule has 0 radical (unpaired) electrons. The van der Waals surface area contributed by atoms with Crippen molar-refractivity contribution in [2.24, 2.45) is 5.73 Å². The number of carbonyl (C=O) groups is 2. The lowest BCUT2D eigenvalue weighted by Gasteiger charge is -2.29. The van der Waals surface area contributed by atoms with Crippen molar-refractivity contribution in [2.45, 2.75) is 57.0 Å². The number of thiophene rings is 1. The highest BCUT2D eigenvalue weighted by Crippen LogP contribution is 2.29. The molecule has 134 valence electrons. The standard InChI is InChI=1S/C17H25N3O2S.ClH/c18-12-17(7-1-2-8-17)19-15(21)3-4-16(22)20-9-5-14-13(11-20)6-10-23-14;/h6,10H,1-5,7-9,11-12,18H2,(H,19,21);1H. The Hall–Kier alpha value is -1.11. The average molecular weight is 372 g/mol. The fourth-order valence-electron chi connectivity index (χ4n) is 3.63. The first-order valence-electron chi connectivity index (χ1n) is 8.46. The van der Waals surface area contributed by atoms with Crippen LogP contribution in [0.5, 0.6) is 0 Å². The van der Waals surface area contributed by atoms with E-state index in [1.54, 1.807) is 11.3 Å². The van der Waals surface area contributed by atoms with Crippen LogP contribution in [-0.4, -0.2) is 35.3 Å². The van der Waals surface area contributed by atoms with E-state index in [2.05, 4.69) is 16.8 Å². The third-order valence-corrected chi connectivity index (χ3v) is 6.11. The van der Waals surface area contributed by atoms with Gasteiger partial charge >= 0.3 is 0 Å². The SMILES string of the molecule is Cl.NCC1(NC(=O)CCC(=O)N2CCc3sccc3C2)CCCC1. The molecule has 7 heteroatoms. The summed E-state index contributed by atoms with van der Waals surface area (Å²) in [6.45, 7) is 1.94. The van der Waals surface area contributed by atoms with E-state index < -0.39 is 0 Å². The van der Waals surface area contributed by atoms with Gasteiger partial charge in [0.15, 0.2) is 0 Å². The Morgan fingerprint density at radius 2 is 2.04 bits per heavy atom. The van der Waals surface area contributed by atoms with Crippen molar-refractivity contribution in [1.29, 1.82) is 0 Å². The molecule has 5 nitrogen and oxygen atoms in total. The number of nitrogens with one attached hydrogen (secondary N) is 1. The number of halogens is 1. The van der Waals surface area contributed by atoms with Crippen LogP contribution in [0.25, 0.3) is 0 Å². The van der Waals surface area contributed by atoms with Crippen molar-refractivity contribution in [3.63, 3.8) is 0 Å². The Morgan fingerprint density at radius 1 is 1.29 bits per heavy atom. The lowest BCUT2D eigenvalue weighted by molar-refractivity contribution is -0.134. The van der Waals surface area contributed by atoms with E-state index in [1.807, 2.05) is 4.90 Å². The second-order valence-electron chi connectivity index (χ2n) is 6.67. The Kier molecular flexibility index (Phi) is 6.66. The van der Waals surface area contributed by atoms with E-state index in [4.69, 9.17) is 5.73 Å². The van der Waals surface area contributed by atoms with Crippen LogP contribution in [0.4, 0.5) is 0 Å². The van der Waals surface area contributed by atoms with Crippen LogP contribution >= 0.6 is 23.7 Å². The largest absolute Gasteiger partial charge is 0.349 e. The first-order chi connectivity index (χ1) is 11.1. The number of amides is 2. The summed E-state index contributed by atoms with van der Waals surface area (Å²) in [5.74, 6) is 0.0316. The molecule has 2 amide bonds. The number of hydrogen-bond acceptors (Lipinski definition) is 4. The van der Waals surface area contributed by atoms with Gasteiger partial charge in [0.1, 0.15) is 0 Å². The molecular weight excluding hydrogens is 346 g/mol. The van der Waals surface area contributed by atoms with Gasteiger partial charge in [0.05, 0.1) is 5.54 Å². The zero-order valence-electron chi connectivity index (χ0n) is 13.9.